The molecule has 219 valence electrons. The van der Waals surface area contributed by atoms with E-state index in [4.69, 9.17) is 14.2 Å². The summed E-state index contributed by atoms with van der Waals surface area (Å²) in [5, 5.41) is 0.836. The van der Waals surface area contributed by atoms with Crippen molar-refractivity contribution >= 4 is 38.3 Å². The average molecular weight is 564 g/mol. The predicted molar refractivity (Wildman–Crippen MR) is 174 cm³/mol. The second-order valence-corrected chi connectivity index (χ2v) is 14.3. The molecule has 0 aliphatic carbocycles. The molecule has 4 nitrogen and oxygen atoms in total. The van der Waals surface area contributed by atoms with Gasteiger partial charge in [-0.1, -0.05) is 74.4 Å². The first-order valence-electron chi connectivity index (χ1n) is 14.7. The quantitative estimate of drug-likeness (QED) is 0.161. The van der Waals surface area contributed by atoms with Crippen molar-refractivity contribution < 1.29 is 19.0 Å². The van der Waals surface area contributed by atoms with Gasteiger partial charge in [0.2, 0.25) is 0 Å². The van der Waals surface area contributed by atoms with E-state index in [1.165, 1.54) is 5.56 Å². The molecule has 0 heterocycles. The van der Waals surface area contributed by atoms with Gasteiger partial charge in [0.25, 0.3) is 0 Å². The molecule has 0 aliphatic rings. The van der Waals surface area contributed by atoms with E-state index in [1.807, 2.05) is 26.0 Å². The van der Waals surface area contributed by atoms with E-state index in [1.54, 1.807) is 0 Å². The van der Waals surface area contributed by atoms with Gasteiger partial charge in [0, 0.05) is 36.6 Å². The normalized spacial score (nSPS) is 11.9. The standard InChI is InChI=1S/C34H53O4P.Li/c1-22(2)12-15-36-28-20-29(37-16-13-23(3)4)32(30(21-28)38-17-14-24(5)6)39-33(35)31-25(7)18-27(19-26(31)8)34(9,10)11;/h18-24,39H,12-17H2,1-11H3;. The molecule has 6 heteroatoms. The first kappa shape index (κ1) is 36.6. The Bertz CT molecular complexity index is 1030. The van der Waals surface area contributed by atoms with Gasteiger partial charge in [-0.25, -0.2) is 0 Å². The first-order chi connectivity index (χ1) is 18.2. The number of carbonyl (C=O) groups is 1. The molecule has 0 N–H and O–H groups in total. The molecule has 0 spiro atoms. The molecule has 0 fully saturated rings. The summed E-state index contributed by atoms with van der Waals surface area (Å²) < 4.78 is 18.8. The van der Waals surface area contributed by atoms with Gasteiger partial charge in [-0.05, 0) is 81.5 Å². The van der Waals surface area contributed by atoms with Gasteiger partial charge in [-0.15, -0.1) is 0 Å². The minimum Gasteiger partial charge on any atom is -0.493 e. The van der Waals surface area contributed by atoms with Gasteiger partial charge in [-0.2, -0.15) is 0 Å². The topological polar surface area (TPSA) is 44.8 Å². The summed E-state index contributed by atoms with van der Waals surface area (Å²) in [4.78, 5) is 13.9. The Balaban J connectivity index is 0.00000800. The maximum Gasteiger partial charge on any atom is 0.186 e. The molecule has 2 aromatic carbocycles. The van der Waals surface area contributed by atoms with Crippen molar-refractivity contribution in [3.8, 4) is 17.2 Å². The van der Waals surface area contributed by atoms with Crippen LogP contribution in [0.25, 0.3) is 0 Å². The van der Waals surface area contributed by atoms with Gasteiger partial charge in [0.1, 0.15) is 17.2 Å². The molecule has 0 amide bonds. The zero-order chi connectivity index (χ0) is 29.3. The van der Waals surface area contributed by atoms with E-state index in [0.29, 0.717) is 49.1 Å². The fourth-order valence-electron chi connectivity index (χ4n) is 4.15. The summed E-state index contributed by atoms with van der Waals surface area (Å²) in [5.74, 6) is 3.74. The van der Waals surface area contributed by atoms with E-state index in [2.05, 4.69) is 74.4 Å². The molecule has 40 heavy (non-hydrogen) atoms. The van der Waals surface area contributed by atoms with Crippen LogP contribution in [-0.4, -0.2) is 44.2 Å². The molecule has 0 aromatic heterocycles. The summed E-state index contributed by atoms with van der Waals surface area (Å²) in [6, 6.07) is 8.23. The largest absolute Gasteiger partial charge is 0.493 e. The van der Waals surface area contributed by atoms with Crippen LogP contribution in [0.15, 0.2) is 24.3 Å². The number of ether oxygens (including phenoxy) is 3. The van der Waals surface area contributed by atoms with E-state index in [0.717, 1.165) is 47.0 Å². The van der Waals surface area contributed by atoms with Crippen molar-refractivity contribution in [1.29, 1.82) is 0 Å². The molecule has 0 bridgehead atoms. The zero-order valence-electron chi connectivity index (χ0n) is 27.4. The minimum absolute atomic E-state index is 0. The maximum absolute atomic E-state index is 13.9. The van der Waals surface area contributed by atoms with Gasteiger partial charge in [0.05, 0.1) is 25.1 Å². The fraction of sp³-hybridized carbons (Fsp3) is 0.618. The Morgan fingerprint density at radius 1 is 0.725 bits per heavy atom. The SMILES string of the molecule is Cc1cc(C(C)(C)C)cc(C)c1C(=O)Pc1c(OCCC(C)C)cc(OCCC(C)C)cc1OCCC(C)C.[Li]. The first-order valence-corrected chi connectivity index (χ1v) is 15.7. The predicted octanol–water partition coefficient (Wildman–Crippen LogP) is 8.64. The second kappa shape index (κ2) is 16.8. The summed E-state index contributed by atoms with van der Waals surface area (Å²) >= 11 is 0. The van der Waals surface area contributed by atoms with Gasteiger partial charge in [-0.3, -0.25) is 4.79 Å². The third-order valence-electron chi connectivity index (χ3n) is 6.77. The van der Waals surface area contributed by atoms with Crippen LogP contribution in [0.5, 0.6) is 17.2 Å². The Labute approximate surface area is 258 Å². The molecule has 0 saturated carbocycles. The van der Waals surface area contributed by atoms with Crippen molar-refractivity contribution in [2.45, 2.75) is 101 Å². The monoisotopic (exact) mass is 563 g/mol. The van der Waals surface area contributed by atoms with Crippen molar-refractivity contribution in [2.75, 3.05) is 19.8 Å². The van der Waals surface area contributed by atoms with E-state index < -0.39 is 0 Å². The van der Waals surface area contributed by atoms with Gasteiger partial charge >= 0.3 is 0 Å². The Morgan fingerprint density at radius 2 is 1.12 bits per heavy atom. The van der Waals surface area contributed by atoms with E-state index in [9.17, 15) is 4.79 Å². The Hall–Kier alpha value is -1.46. The maximum atomic E-state index is 13.9. The van der Waals surface area contributed by atoms with Crippen molar-refractivity contribution in [1.82, 2.24) is 0 Å². The van der Waals surface area contributed by atoms with Crippen LogP contribution >= 0.6 is 8.58 Å². The zero-order valence-corrected chi connectivity index (χ0v) is 28.4. The molecular formula is C34H53LiO4P. The summed E-state index contributed by atoms with van der Waals surface area (Å²) in [6.07, 6.45) is 2.84. The third-order valence-corrected chi connectivity index (χ3v) is 7.99. The molecule has 1 unspecified atom stereocenters. The second-order valence-electron chi connectivity index (χ2n) is 13.1. The number of hydrogen-bond donors (Lipinski definition) is 0. The molecule has 1 atom stereocenters. The summed E-state index contributed by atoms with van der Waals surface area (Å²) in [5.41, 5.74) is 4.24. The van der Waals surface area contributed by atoms with Crippen LogP contribution in [0.1, 0.15) is 109 Å². The van der Waals surface area contributed by atoms with Gasteiger partial charge in [0.15, 0.2) is 5.52 Å². The van der Waals surface area contributed by atoms with Crippen LogP contribution in [0, 0.1) is 31.6 Å². The smallest absolute Gasteiger partial charge is 0.186 e. The molecule has 0 saturated heterocycles. The number of hydrogen-bond acceptors (Lipinski definition) is 4. The average Bonchev–Trinajstić information content (AvgIpc) is 2.79. The molecular weight excluding hydrogens is 510 g/mol. The van der Waals surface area contributed by atoms with Crippen LogP contribution in [0.3, 0.4) is 0 Å². The Kier molecular flexibility index (Phi) is 15.4. The van der Waals surface area contributed by atoms with Crippen molar-refractivity contribution in [3.05, 3.63) is 46.5 Å². The fourth-order valence-corrected chi connectivity index (χ4v) is 5.43. The molecule has 2 rings (SSSR count). The van der Waals surface area contributed by atoms with Crippen LogP contribution < -0.4 is 19.5 Å². The number of rotatable bonds is 15. The third kappa shape index (κ3) is 11.8. The Morgan fingerprint density at radius 3 is 1.50 bits per heavy atom. The molecule has 1 radical (unpaired) electrons. The van der Waals surface area contributed by atoms with E-state index >= 15 is 0 Å². The van der Waals surface area contributed by atoms with Crippen molar-refractivity contribution in [2.24, 2.45) is 17.8 Å². The number of aryl methyl sites for hydroxylation is 2. The summed E-state index contributed by atoms with van der Waals surface area (Å²) in [7, 11) is -0.109. The van der Waals surface area contributed by atoms with Crippen LogP contribution in [0.2, 0.25) is 0 Å². The molecule has 0 aliphatic heterocycles. The molecule has 2 aromatic rings. The number of benzene rings is 2. The van der Waals surface area contributed by atoms with Crippen LogP contribution in [-0.2, 0) is 5.41 Å². The minimum atomic E-state index is -0.109. The van der Waals surface area contributed by atoms with Crippen molar-refractivity contribution in [3.63, 3.8) is 0 Å². The summed E-state index contributed by atoms with van der Waals surface area (Å²) in [6.45, 7) is 25.7. The van der Waals surface area contributed by atoms with E-state index in [-0.39, 0.29) is 38.4 Å². The number of carbonyl (C=O) groups excluding carboxylic acids is 1. The van der Waals surface area contributed by atoms with Gasteiger partial charge < -0.3 is 14.2 Å². The van der Waals surface area contributed by atoms with Crippen LogP contribution in [0.4, 0.5) is 0 Å².